The molecule has 0 amide bonds. The van der Waals surface area contributed by atoms with E-state index in [1.165, 1.54) is 0 Å². The molecular formula is C17H24ClN3O2. The summed E-state index contributed by atoms with van der Waals surface area (Å²) in [5.74, 6) is 1.72. The molecule has 0 unspecified atom stereocenters. The van der Waals surface area contributed by atoms with Crippen LogP contribution >= 0.6 is 11.6 Å². The van der Waals surface area contributed by atoms with Crippen LogP contribution in [0.2, 0.25) is 0 Å². The standard InChI is InChI=1S/C17H24ClN3O2/c1-13(23)4-3-5-17-19-15-12-14(6-7-16(15)20(17)2)21(9-8-18)10-11-22/h6-7,12,22-23H,1,3-5,8-11H2,2H3. The maximum absolute atomic E-state index is 9.20. The summed E-state index contributed by atoms with van der Waals surface area (Å²) < 4.78 is 2.08. The lowest BCUT2D eigenvalue weighted by Crippen LogP contribution is -2.28. The average molecular weight is 338 g/mol. The number of allylic oxidation sites excluding steroid dienone is 1. The topological polar surface area (TPSA) is 61.5 Å². The Hall–Kier alpha value is -1.72. The van der Waals surface area contributed by atoms with E-state index < -0.39 is 0 Å². The fourth-order valence-electron chi connectivity index (χ4n) is 2.70. The van der Waals surface area contributed by atoms with Gasteiger partial charge in [0, 0.05) is 44.5 Å². The zero-order valence-corrected chi connectivity index (χ0v) is 14.3. The number of fused-ring (bicyclic) bond motifs is 1. The molecule has 2 N–H and O–H groups in total. The molecule has 0 saturated heterocycles. The van der Waals surface area contributed by atoms with E-state index in [2.05, 4.69) is 16.0 Å². The fraction of sp³-hybridized carbons (Fsp3) is 0.471. The molecule has 0 aliphatic rings. The average Bonchev–Trinajstić information content (AvgIpc) is 2.83. The van der Waals surface area contributed by atoms with Crippen LogP contribution in [-0.4, -0.2) is 45.3 Å². The third kappa shape index (κ3) is 4.39. The Morgan fingerprint density at radius 3 is 2.83 bits per heavy atom. The summed E-state index contributed by atoms with van der Waals surface area (Å²) in [4.78, 5) is 6.75. The highest BCUT2D eigenvalue weighted by Gasteiger charge is 2.11. The van der Waals surface area contributed by atoms with E-state index in [1.54, 1.807) is 0 Å². The van der Waals surface area contributed by atoms with E-state index in [-0.39, 0.29) is 12.4 Å². The molecule has 0 radical (unpaired) electrons. The van der Waals surface area contributed by atoms with Crippen molar-refractivity contribution in [2.24, 2.45) is 7.05 Å². The number of alkyl halides is 1. The molecule has 0 fully saturated rings. The first kappa shape index (κ1) is 17.6. The van der Waals surface area contributed by atoms with Gasteiger partial charge in [-0.25, -0.2) is 4.98 Å². The van der Waals surface area contributed by atoms with Crippen LogP contribution in [0.25, 0.3) is 11.0 Å². The van der Waals surface area contributed by atoms with E-state index in [0.29, 0.717) is 25.4 Å². The third-order valence-electron chi connectivity index (χ3n) is 3.91. The van der Waals surface area contributed by atoms with Gasteiger partial charge in [-0.15, -0.1) is 11.6 Å². The number of imidazole rings is 1. The van der Waals surface area contributed by atoms with E-state index in [9.17, 15) is 10.2 Å². The lowest BCUT2D eigenvalue weighted by atomic mass is 10.2. The van der Waals surface area contributed by atoms with E-state index in [1.807, 2.05) is 25.2 Å². The zero-order valence-electron chi connectivity index (χ0n) is 13.5. The molecular weight excluding hydrogens is 314 g/mol. The van der Waals surface area contributed by atoms with Gasteiger partial charge in [-0.2, -0.15) is 0 Å². The van der Waals surface area contributed by atoms with Crippen LogP contribution in [0.5, 0.6) is 0 Å². The van der Waals surface area contributed by atoms with Crippen molar-refractivity contribution in [1.29, 1.82) is 0 Å². The van der Waals surface area contributed by atoms with Gasteiger partial charge in [-0.3, -0.25) is 0 Å². The Labute approximate surface area is 141 Å². The van der Waals surface area contributed by atoms with Gasteiger partial charge >= 0.3 is 0 Å². The van der Waals surface area contributed by atoms with Gasteiger partial charge in [0.2, 0.25) is 0 Å². The second kappa shape index (κ2) is 8.22. The third-order valence-corrected chi connectivity index (χ3v) is 4.08. The number of hydrogen-bond donors (Lipinski definition) is 2. The fourth-order valence-corrected chi connectivity index (χ4v) is 2.91. The molecule has 126 valence electrons. The highest BCUT2D eigenvalue weighted by Crippen LogP contribution is 2.23. The number of aryl methyl sites for hydroxylation is 2. The second-order valence-electron chi connectivity index (χ2n) is 5.58. The Kier molecular flexibility index (Phi) is 6.30. The summed E-state index contributed by atoms with van der Waals surface area (Å²) in [5.41, 5.74) is 3.02. The number of aromatic nitrogens is 2. The molecule has 0 saturated carbocycles. The maximum atomic E-state index is 9.20. The lowest BCUT2D eigenvalue weighted by Gasteiger charge is -2.22. The van der Waals surface area contributed by atoms with Crippen LogP contribution in [0.1, 0.15) is 18.7 Å². The second-order valence-corrected chi connectivity index (χ2v) is 5.96. The normalized spacial score (nSPS) is 11.1. The number of aliphatic hydroxyl groups is 2. The molecule has 0 spiro atoms. The molecule has 1 aromatic carbocycles. The summed E-state index contributed by atoms with van der Waals surface area (Å²) >= 11 is 5.84. The van der Waals surface area contributed by atoms with Crippen molar-refractivity contribution in [3.05, 3.63) is 36.4 Å². The number of hydrogen-bond acceptors (Lipinski definition) is 4. The van der Waals surface area contributed by atoms with Gasteiger partial charge < -0.3 is 19.7 Å². The molecule has 6 heteroatoms. The smallest absolute Gasteiger partial charge is 0.109 e. The van der Waals surface area contributed by atoms with E-state index in [4.69, 9.17) is 16.6 Å². The van der Waals surface area contributed by atoms with E-state index in [0.717, 1.165) is 35.4 Å². The van der Waals surface area contributed by atoms with Crippen molar-refractivity contribution in [2.45, 2.75) is 19.3 Å². The SMILES string of the molecule is C=C(O)CCCc1nc2cc(N(CCO)CCCl)ccc2n1C. The van der Waals surface area contributed by atoms with Crippen LogP contribution in [0.3, 0.4) is 0 Å². The van der Waals surface area contributed by atoms with E-state index >= 15 is 0 Å². The Bertz CT molecular complexity index is 663. The predicted octanol–water partition coefficient (Wildman–Crippen LogP) is 3.01. The molecule has 2 aromatic rings. The van der Waals surface area contributed by atoms with Gasteiger partial charge in [-0.05, 0) is 24.6 Å². The summed E-state index contributed by atoms with van der Waals surface area (Å²) in [6.07, 6.45) is 2.21. The minimum atomic E-state index is 0.0907. The van der Waals surface area contributed by atoms with Gasteiger partial charge in [0.1, 0.15) is 5.82 Å². The minimum Gasteiger partial charge on any atom is -0.513 e. The van der Waals surface area contributed by atoms with Crippen LogP contribution in [0.4, 0.5) is 5.69 Å². The molecule has 1 aromatic heterocycles. The van der Waals surface area contributed by atoms with Gasteiger partial charge in [0.15, 0.2) is 0 Å². The van der Waals surface area contributed by atoms with Crippen molar-refractivity contribution in [2.75, 3.05) is 30.5 Å². The first-order valence-corrected chi connectivity index (χ1v) is 8.34. The van der Waals surface area contributed by atoms with Crippen molar-refractivity contribution in [1.82, 2.24) is 9.55 Å². The molecule has 0 aliphatic heterocycles. The van der Waals surface area contributed by atoms with Crippen molar-refractivity contribution in [3.63, 3.8) is 0 Å². The van der Waals surface area contributed by atoms with Crippen LogP contribution in [0, 0.1) is 0 Å². The summed E-state index contributed by atoms with van der Waals surface area (Å²) in [6.45, 7) is 4.84. The Morgan fingerprint density at radius 2 is 2.17 bits per heavy atom. The monoisotopic (exact) mass is 337 g/mol. The number of benzene rings is 1. The van der Waals surface area contributed by atoms with Gasteiger partial charge in [-0.1, -0.05) is 6.58 Å². The summed E-state index contributed by atoms with van der Waals surface area (Å²) in [5, 5.41) is 18.4. The van der Waals surface area contributed by atoms with Crippen LogP contribution in [0.15, 0.2) is 30.5 Å². The molecule has 0 aliphatic carbocycles. The number of rotatable bonds is 9. The van der Waals surface area contributed by atoms with Crippen molar-refractivity contribution < 1.29 is 10.2 Å². The zero-order chi connectivity index (χ0) is 16.8. The molecule has 23 heavy (non-hydrogen) atoms. The first-order chi connectivity index (χ1) is 11.1. The molecule has 0 bridgehead atoms. The highest BCUT2D eigenvalue weighted by atomic mass is 35.5. The van der Waals surface area contributed by atoms with Crippen molar-refractivity contribution >= 4 is 28.3 Å². The summed E-state index contributed by atoms with van der Waals surface area (Å²) in [6, 6.07) is 6.11. The highest BCUT2D eigenvalue weighted by molar-refractivity contribution is 6.18. The summed E-state index contributed by atoms with van der Waals surface area (Å²) in [7, 11) is 2.00. The first-order valence-electron chi connectivity index (χ1n) is 7.80. The minimum absolute atomic E-state index is 0.0907. The quantitative estimate of drug-likeness (QED) is 0.545. The number of halogens is 1. The number of aliphatic hydroxyl groups excluding tert-OH is 2. The van der Waals surface area contributed by atoms with Crippen LogP contribution < -0.4 is 4.90 Å². The lowest BCUT2D eigenvalue weighted by molar-refractivity contribution is 0.302. The maximum Gasteiger partial charge on any atom is 0.109 e. The van der Waals surface area contributed by atoms with Gasteiger partial charge in [0.05, 0.1) is 23.4 Å². The predicted molar refractivity (Wildman–Crippen MR) is 95.4 cm³/mol. The number of anilines is 1. The molecule has 5 nitrogen and oxygen atoms in total. The Morgan fingerprint density at radius 1 is 1.39 bits per heavy atom. The number of nitrogens with zero attached hydrogens (tertiary/aromatic N) is 3. The molecule has 0 atom stereocenters. The van der Waals surface area contributed by atoms with Gasteiger partial charge in [0.25, 0.3) is 0 Å². The van der Waals surface area contributed by atoms with Crippen LogP contribution in [-0.2, 0) is 13.5 Å². The molecule has 2 rings (SSSR count). The Balaban J connectivity index is 2.23. The largest absolute Gasteiger partial charge is 0.513 e. The van der Waals surface area contributed by atoms with Crippen molar-refractivity contribution in [3.8, 4) is 0 Å². The molecule has 1 heterocycles.